The Hall–Kier alpha value is -1.89. The van der Waals surface area contributed by atoms with Crippen LogP contribution in [0.1, 0.15) is 37.9 Å². The quantitative estimate of drug-likeness (QED) is 0.359. The van der Waals surface area contributed by atoms with E-state index in [-0.39, 0.29) is 23.7 Å². The maximum absolute atomic E-state index is 12.6. The number of halogens is 4. The van der Waals surface area contributed by atoms with Gasteiger partial charge in [-0.05, 0) is 55.0 Å². The van der Waals surface area contributed by atoms with E-state index in [9.17, 15) is 13.6 Å². The molecule has 0 bridgehead atoms. The van der Waals surface area contributed by atoms with Crippen LogP contribution in [0.4, 0.5) is 8.78 Å². The third-order valence-corrected chi connectivity index (χ3v) is 3.16. The summed E-state index contributed by atoms with van der Waals surface area (Å²) in [6.45, 7) is 0. The van der Waals surface area contributed by atoms with Gasteiger partial charge in [0.1, 0.15) is 11.6 Å². The van der Waals surface area contributed by atoms with Gasteiger partial charge in [-0.3, -0.25) is 4.79 Å². The minimum Gasteiger partial charge on any atom is -0.294 e. The summed E-state index contributed by atoms with van der Waals surface area (Å²) < 4.78 is 39.9. The van der Waals surface area contributed by atoms with Crippen LogP contribution < -0.4 is 0 Å². The topological polar surface area (TPSA) is 17.1 Å². The van der Waals surface area contributed by atoms with Gasteiger partial charge in [-0.25, -0.2) is 8.78 Å². The van der Waals surface area contributed by atoms with Crippen molar-refractivity contribution < 1.29 is 16.3 Å². The van der Waals surface area contributed by atoms with Crippen molar-refractivity contribution in [2.45, 2.75) is 19.2 Å². The second kappa shape index (κ2) is 12.5. The molecule has 0 saturated heterocycles. The van der Waals surface area contributed by atoms with Crippen molar-refractivity contribution in [3.63, 3.8) is 0 Å². The van der Waals surface area contributed by atoms with Crippen LogP contribution in [0.5, 0.6) is 0 Å². The molecule has 2 aromatic rings. The van der Waals surface area contributed by atoms with Crippen LogP contribution in [-0.2, 0) is 0 Å². The summed E-state index contributed by atoms with van der Waals surface area (Å²) in [5.41, 5.74) is 0.980. The van der Waals surface area contributed by atoms with Gasteiger partial charge in [-0.15, -0.1) is 23.2 Å². The van der Waals surface area contributed by atoms with Gasteiger partial charge >= 0.3 is 0 Å². The largest absolute Gasteiger partial charge is 0.294 e. The molecule has 1 nitrogen and oxygen atoms in total. The Bertz CT molecular complexity index is 782. The number of carbonyl (C=O) groups is 1. The highest BCUT2D eigenvalue weighted by atomic mass is 35.5. The maximum Gasteiger partial charge on any atom is 0.162 e. The average Bonchev–Trinajstić information content (AvgIpc) is 2.64. The van der Waals surface area contributed by atoms with Crippen molar-refractivity contribution >= 4 is 29.0 Å². The molecule has 0 atom stereocenters. The summed E-state index contributed by atoms with van der Waals surface area (Å²) >= 11 is 10.8. The predicted octanol–water partition coefficient (Wildman–Crippen LogP) is 5.83. The first-order valence-corrected chi connectivity index (χ1v) is 8.54. The fourth-order valence-electron chi connectivity index (χ4n) is 1.61. The van der Waals surface area contributed by atoms with Crippen LogP contribution in [0.2, 0.25) is 0 Å². The molecule has 2 rings (SSSR count). The van der Waals surface area contributed by atoms with Crippen LogP contribution in [0, 0.1) is 23.5 Å². The fourth-order valence-corrected chi connectivity index (χ4v) is 1.80. The minimum absolute atomic E-state index is 0.0508. The highest BCUT2D eigenvalue weighted by molar-refractivity contribution is 6.18. The van der Waals surface area contributed by atoms with Crippen molar-refractivity contribution in [2.24, 2.45) is 0 Å². The van der Waals surface area contributed by atoms with Crippen molar-refractivity contribution in [1.82, 2.24) is 0 Å². The van der Waals surface area contributed by atoms with E-state index in [0.29, 0.717) is 12.3 Å². The molecule has 0 saturated carbocycles. The number of ketones is 1. The van der Waals surface area contributed by atoms with Gasteiger partial charge < -0.3 is 0 Å². The van der Waals surface area contributed by atoms with E-state index in [4.69, 9.17) is 25.9 Å². The summed E-state index contributed by atoms with van der Waals surface area (Å²) in [4.78, 5) is 11.6. The highest BCUT2D eigenvalue weighted by Gasteiger charge is 2.04. The van der Waals surface area contributed by atoms with Crippen molar-refractivity contribution in [1.29, 1.82) is 0 Å². The Kier molecular flexibility index (Phi) is 8.94. The SMILES string of the molecule is Fc1ccc(C#CCCCl)cc1.[2H]C([2H])(CCCl)C(=O)c1ccc(F)cc1. The van der Waals surface area contributed by atoms with Gasteiger partial charge in [0.05, 0.1) is 0 Å². The molecular weight excluding hydrogens is 365 g/mol. The standard InChI is InChI=1S/C10H10ClFO.C10H8ClF/c11-7-1-2-10(13)8-3-5-9(12)6-4-8;11-8-2-1-3-9-4-6-10(12)7-5-9/h3-6H,1-2,7H2;4-7H,2,8H2/i2D2;. The summed E-state index contributed by atoms with van der Waals surface area (Å²) in [5.74, 6) is 4.99. The molecule has 0 spiro atoms. The molecule has 25 heavy (non-hydrogen) atoms. The Labute approximate surface area is 159 Å². The lowest BCUT2D eigenvalue weighted by Crippen LogP contribution is -1.98. The highest BCUT2D eigenvalue weighted by Crippen LogP contribution is 2.07. The first-order valence-electron chi connectivity index (χ1n) is 8.47. The molecule has 0 N–H and O–H groups in total. The lowest BCUT2D eigenvalue weighted by molar-refractivity contribution is 0.0982. The van der Waals surface area contributed by atoms with Gasteiger partial charge in [0.2, 0.25) is 0 Å². The number of Topliss-reactive ketones (excluding diaryl/α,β-unsaturated/α-hetero) is 1. The number of benzene rings is 2. The average molecular weight is 385 g/mol. The number of hydrogen-bond donors (Lipinski definition) is 0. The number of hydrogen-bond acceptors (Lipinski definition) is 1. The van der Waals surface area contributed by atoms with Crippen LogP contribution in [-0.4, -0.2) is 17.5 Å². The van der Waals surface area contributed by atoms with Crippen molar-refractivity contribution in [3.8, 4) is 11.8 Å². The van der Waals surface area contributed by atoms with Crippen LogP contribution in [0.25, 0.3) is 0 Å². The molecular formula is C20H18Cl2F2O. The van der Waals surface area contributed by atoms with Crippen LogP contribution in [0.3, 0.4) is 0 Å². The Balaban J connectivity index is 0.000000277. The molecule has 0 unspecified atom stereocenters. The normalized spacial score (nSPS) is 11.2. The molecule has 0 aliphatic carbocycles. The summed E-state index contributed by atoms with van der Waals surface area (Å²) in [6.07, 6.45) is -1.37. The molecule has 0 aliphatic rings. The minimum atomic E-state index is -1.99. The third kappa shape index (κ3) is 9.24. The van der Waals surface area contributed by atoms with Gasteiger partial charge in [-0.2, -0.15) is 0 Å². The van der Waals surface area contributed by atoms with Gasteiger partial charge in [0, 0.05) is 38.4 Å². The van der Waals surface area contributed by atoms with E-state index < -0.39 is 18.0 Å². The van der Waals surface area contributed by atoms with E-state index >= 15 is 0 Å². The second-order valence-corrected chi connectivity index (χ2v) is 5.46. The Morgan fingerprint density at radius 3 is 2.04 bits per heavy atom. The van der Waals surface area contributed by atoms with Crippen molar-refractivity contribution in [2.75, 3.05) is 11.8 Å². The summed E-state index contributed by atoms with van der Waals surface area (Å²) in [5, 5.41) is 0. The first kappa shape index (κ1) is 17.9. The van der Waals surface area contributed by atoms with E-state index in [1.807, 2.05) is 0 Å². The Morgan fingerprint density at radius 1 is 0.960 bits per heavy atom. The molecule has 0 radical (unpaired) electrons. The predicted molar refractivity (Wildman–Crippen MR) is 99.3 cm³/mol. The zero-order valence-corrected chi connectivity index (χ0v) is 14.9. The van der Waals surface area contributed by atoms with Crippen LogP contribution in [0.15, 0.2) is 48.5 Å². The van der Waals surface area contributed by atoms with Crippen LogP contribution >= 0.6 is 23.2 Å². The summed E-state index contributed by atoms with van der Waals surface area (Å²) in [6, 6.07) is 10.9. The van der Waals surface area contributed by atoms with E-state index in [1.165, 1.54) is 24.3 Å². The zero-order valence-electron chi connectivity index (χ0n) is 15.4. The summed E-state index contributed by atoms with van der Waals surface area (Å²) in [7, 11) is 0. The molecule has 0 amide bonds. The molecule has 5 heteroatoms. The number of carbonyl (C=O) groups excluding carboxylic acids is 1. The molecule has 0 fully saturated rings. The van der Waals surface area contributed by atoms with E-state index in [1.54, 1.807) is 12.1 Å². The molecule has 0 aliphatic heterocycles. The smallest absolute Gasteiger partial charge is 0.162 e. The fraction of sp³-hybridized carbons (Fsp3) is 0.250. The van der Waals surface area contributed by atoms with E-state index in [2.05, 4.69) is 11.8 Å². The zero-order chi connectivity index (χ0) is 20.3. The van der Waals surface area contributed by atoms with Gasteiger partial charge in [0.15, 0.2) is 5.78 Å². The van der Waals surface area contributed by atoms with Crippen molar-refractivity contribution in [3.05, 3.63) is 71.3 Å². The number of alkyl halides is 2. The first-order chi connectivity index (χ1) is 12.8. The Morgan fingerprint density at radius 2 is 1.52 bits per heavy atom. The van der Waals surface area contributed by atoms with Gasteiger partial charge in [0.25, 0.3) is 0 Å². The third-order valence-electron chi connectivity index (χ3n) is 2.78. The molecule has 0 aromatic heterocycles. The van der Waals surface area contributed by atoms with E-state index in [0.717, 1.165) is 17.7 Å². The monoisotopic (exact) mass is 384 g/mol. The van der Waals surface area contributed by atoms with Gasteiger partial charge in [-0.1, -0.05) is 11.8 Å². The lowest BCUT2D eigenvalue weighted by atomic mass is 10.1. The maximum atomic E-state index is 12.6. The second-order valence-electron chi connectivity index (χ2n) is 4.70. The molecule has 0 heterocycles. The molecule has 132 valence electrons. The molecule has 2 aromatic carbocycles. The lowest BCUT2D eigenvalue weighted by Gasteiger charge is -1.98. The number of rotatable bonds is 5.